The first-order valence-corrected chi connectivity index (χ1v) is 7.90. The molecule has 7 nitrogen and oxygen atoms in total. The van der Waals surface area contributed by atoms with Crippen LogP contribution in [0.5, 0.6) is 0 Å². The average molecular weight is 328 g/mol. The van der Waals surface area contributed by atoms with Gasteiger partial charge in [0.1, 0.15) is 6.04 Å². The van der Waals surface area contributed by atoms with Crippen molar-refractivity contribution in [3.05, 3.63) is 39.9 Å². The van der Waals surface area contributed by atoms with Gasteiger partial charge in [-0.1, -0.05) is 12.1 Å². The van der Waals surface area contributed by atoms with Crippen molar-refractivity contribution in [1.82, 2.24) is 4.72 Å². The average Bonchev–Trinajstić information content (AvgIpc) is 2.43. The lowest BCUT2D eigenvalue weighted by molar-refractivity contribution is -0.384. The number of nitro benzene ring substituents is 1. The summed E-state index contributed by atoms with van der Waals surface area (Å²) in [4.78, 5) is 22.4. The third kappa shape index (κ3) is 4.88. The molecule has 0 aliphatic rings. The number of esters is 1. The van der Waals surface area contributed by atoms with Gasteiger partial charge in [0.2, 0.25) is 0 Å². The lowest BCUT2D eigenvalue weighted by Crippen LogP contribution is -2.39. The first-order chi connectivity index (χ1) is 10.2. The molecule has 0 bridgehead atoms. The molecule has 0 spiro atoms. The predicted octanol–water partition coefficient (Wildman–Crippen LogP) is 2.25. The first kappa shape index (κ1) is 18.2. The van der Waals surface area contributed by atoms with Crippen LogP contribution in [0.1, 0.15) is 39.3 Å². The van der Waals surface area contributed by atoms with Gasteiger partial charge in [-0.3, -0.25) is 10.1 Å². The van der Waals surface area contributed by atoms with Gasteiger partial charge in [-0.25, -0.2) is 13.7 Å². The molecule has 0 aliphatic heterocycles. The van der Waals surface area contributed by atoms with Crippen molar-refractivity contribution in [1.29, 1.82) is 0 Å². The third-order valence-corrected chi connectivity index (χ3v) is 4.28. The van der Waals surface area contributed by atoms with Crippen molar-refractivity contribution in [2.45, 2.75) is 38.5 Å². The van der Waals surface area contributed by atoms with Gasteiger partial charge in [0, 0.05) is 12.1 Å². The second kappa shape index (κ2) is 7.46. The molecule has 0 amide bonds. The highest BCUT2D eigenvalue weighted by molar-refractivity contribution is 7.84. The van der Waals surface area contributed by atoms with Crippen LogP contribution in [-0.2, 0) is 20.5 Å². The van der Waals surface area contributed by atoms with Crippen molar-refractivity contribution in [2.24, 2.45) is 0 Å². The fourth-order valence-electron chi connectivity index (χ4n) is 1.58. The predicted molar refractivity (Wildman–Crippen MR) is 83.5 cm³/mol. The number of hydrogen-bond acceptors (Lipinski definition) is 5. The van der Waals surface area contributed by atoms with E-state index in [1.165, 1.54) is 18.2 Å². The number of carbonyl (C=O) groups excluding carboxylic acids is 1. The Bertz CT molecular complexity index is 583. The number of non-ortho nitro benzene ring substituents is 1. The molecule has 1 aromatic carbocycles. The Hall–Kier alpha value is -1.80. The molecule has 0 saturated carbocycles. The fourth-order valence-corrected chi connectivity index (χ4v) is 2.38. The lowest BCUT2D eigenvalue weighted by Gasteiger charge is -2.23. The number of nitrogens with zero attached hydrogens (tertiary/aromatic N) is 1. The molecule has 1 N–H and O–H groups in total. The summed E-state index contributed by atoms with van der Waals surface area (Å²) in [6.45, 7) is 7.08. The topological polar surface area (TPSA) is 98.5 Å². The van der Waals surface area contributed by atoms with E-state index in [1.807, 2.05) is 0 Å². The summed E-state index contributed by atoms with van der Waals surface area (Å²) >= 11 is 0. The summed E-state index contributed by atoms with van der Waals surface area (Å²) in [6, 6.07) is 4.60. The molecular formula is C14H20N2O5S. The molecule has 2 atom stereocenters. The van der Waals surface area contributed by atoms with Gasteiger partial charge >= 0.3 is 5.97 Å². The highest BCUT2D eigenvalue weighted by atomic mass is 32.2. The summed E-state index contributed by atoms with van der Waals surface area (Å²) in [5.74, 6) is -0.624. The Morgan fingerprint density at radius 1 is 1.45 bits per heavy atom. The van der Waals surface area contributed by atoms with Gasteiger partial charge < -0.3 is 4.74 Å². The Kier molecular flexibility index (Phi) is 6.19. The quantitative estimate of drug-likeness (QED) is 0.490. The minimum atomic E-state index is -1.53. The summed E-state index contributed by atoms with van der Waals surface area (Å²) in [7, 11) is -1.53. The van der Waals surface area contributed by atoms with Crippen molar-refractivity contribution in [3.8, 4) is 0 Å². The number of nitrogens with one attached hydrogen (secondary N) is 1. The van der Waals surface area contributed by atoms with E-state index in [-0.39, 0.29) is 12.3 Å². The van der Waals surface area contributed by atoms with Crippen LogP contribution < -0.4 is 4.72 Å². The molecule has 0 fully saturated rings. The number of carbonyl (C=O) groups is 1. The first-order valence-electron chi connectivity index (χ1n) is 6.76. The number of ether oxygens (including phenoxy) is 1. The Labute approximate surface area is 131 Å². The van der Waals surface area contributed by atoms with Crippen molar-refractivity contribution >= 4 is 22.6 Å². The van der Waals surface area contributed by atoms with Gasteiger partial charge in [0.05, 0.1) is 27.3 Å². The number of rotatable bonds is 6. The SMILES string of the molecule is CCOC(=O)[C@H](NS(=O)C(C)(C)C)c1cccc([N+](=O)[O-])c1. The molecule has 22 heavy (non-hydrogen) atoms. The highest BCUT2D eigenvalue weighted by Gasteiger charge is 2.29. The monoisotopic (exact) mass is 328 g/mol. The second-order valence-electron chi connectivity index (χ2n) is 5.54. The number of hydrogen-bond donors (Lipinski definition) is 1. The fraction of sp³-hybridized carbons (Fsp3) is 0.500. The molecule has 0 radical (unpaired) electrons. The van der Waals surface area contributed by atoms with Crippen molar-refractivity contribution in [2.75, 3.05) is 6.61 Å². The van der Waals surface area contributed by atoms with Crippen LogP contribution >= 0.6 is 0 Å². The zero-order valence-corrected chi connectivity index (χ0v) is 13.8. The maximum atomic E-state index is 12.2. The smallest absolute Gasteiger partial charge is 0.328 e. The Morgan fingerprint density at radius 3 is 2.59 bits per heavy atom. The highest BCUT2D eigenvalue weighted by Crippen LogP contribution is 2.22. The van der Waals surface area contributed by atoms with Crippen LogP contribution in [0.2, 0.25) is 0 Å². The molecule has 0 aliphatic carbocycles. The van der Waals surface area contributed by atoms with E-state index in [1.54, 1.807) is 33.8 Å². The molecule has 1 unspecified atom stereocenters. The molecule has 1 rings (SSSR count). The summed E-state index contributed by atoms with van der Waals surface area (Å²) in [6.07, 6.45) is 0. The standard InChI is InChI=1S/C14H20N2O5S/c1-5-21-13(17)12(15-22(20)14(2,3)4)10-7-6-8-11(9-10)16(18)19/h6-9,12,15H,5H2,1-4H3/t12-,22?/m1/s1. The van der Waals surface area contributed by atoms with E-state index < -0.39 is 32.7 Å². The normalized spacial score (nSPS) is 14.2. The van der Waals surface area contributed by atoms with Crippen LogP contribution in [-0.4, -0.2) is 26.5 Å². The summed E-state index contributed by atoms with van der Waals surface area (Å²) in [5.41, 5.74) is 0.195. The third-order valence-electron chi connectivity index (χ3n) is 2.72. The zero-order valence-electron chi connectivity index (χ0n) is 13.0. The molecule has 8 heteroatoms. The maximum Gasteiger partial charge on any atom is 0.328 e. The van der Waals surface area contributed by atoms with Crippen LogP contribution in [0.4, 0.5) is 5.69 Å². The van der Waals surface area contributed by atoms with Crippen molar-refractivity contribution in [3.63, 3.8) is 0 Å². The van der Waals surface area contributed by atoms with E-state index >= 15 is 0 Å². The van der Waals surface area contributed by atoms with E-state index in [0.717, 1.165) is 0 Å². The number of nitro groups is 1. The minimum Gasteiger partial charge on any atom is -0.465 e. The van der Waals surface area contributed by atoms with E-state index in [9.17, 15) is 19.1 Å². The van der Waals surface area contributed by atoms with Crippen LogP contribution in [0.15, 0.2) is 24.3 Å². The minimum absolute atomic E-state index is 0.143. The van der Waals surface area contributed by atoms with Crippen LogP contribution in [0.3, 0.4) is 0 Å². The molecular weight excluding hydrogens is 308 g/mol. The Morgan fingerprint density at radius 2 is 2.09 bits per heavy atom. The van der Waals surface area contributed by atoms with Gasteiger partial charge in [-0.15, -0.1) is 0 Å². The molecule has 0 saturated heterocycles. The zero-order chi connectivity index (χ0) is 16.9. The second-order valence-corrected chi connectivity index (χ2v) is 7.53. The number of benzene rings is 1. The van der Waals surface area contributed by atoms with Gasteiger partial charge in [-0.2, -0.15) is 0 Å². The van der Waals surface area contributed by atoms with Crippen LogP contribution in [0, 0.1) is 10.1 Å². The van der Waals surface area contributed by atoms with Crippen LogP contribution in [0.25, 0.3) is 0 Å². The summed E-state index contributed by atoms with van der Waals surface area (Å²) < 4.78 is 19.3. The maximum absolute atomic E-state index is 12.2. The lowest BCUT2D eigenvalue weighted by atomic mass is 10.1. The van der Waals surface area contributed by atoms with E-state index in [2.05, 4.69) is 4.72 Å². The Balaban J connectivity index is 3.15. The van der Waals surface area contributed by atoms with Gasteiger partial charge in [0.25, 0.3) is 5.69 Å². The van der Waals surface area contributed by atoms with Crippen molar-refractivity contribution < 1.29 is 18.7 Å². The van der Waals surface area contributed by atoms with Gasteiger partial charge in [-0.05, 0) is 33.3 Å². The molecule has 122 valence electrons. The summed E-state index contributed by atoms with van der Waals surface area (Å²) in [5, 5.41) is 10.9. The molecule has 1 aromatic rings. The van der Waals surface area contributed by atoms with Gasteiger partial charge in [0.15, 0.2) is 0 Å². The van der Waals surface area contributed by atoms with E-state index in [0.29, 0.717) is 5.56 Å². The largest absolute Gasteiger partial charge is 0.465 e. The van der Waals surface area contributed by atoms with E-state index in [4.69, 9.17) is 4.74 Å². The molecule has 0 aromatic heterocycles. The molecule has 0 heterocycles.